The van der Waals surface area contributed by atoms with Gasteiger partial charge < -0.3 is 4.52 Å². The average molecular weight is 335 g/mol. The Bertz CT molecular complexity index is 782. The SMILES string of the molecule is Clc1ccc(-c2noc(CSc3nnnn3C3CC3)n2)cc1. The minimum absolute atomic E-state index is 0.449. The van der Waals surface area contributed by atoms with Gasteiger partial charge in [-0.1, -0.05) is 28.5 Å². The first-order chi connectivity index (χ1) is 10.8. The molecule has 22 heavy (non-hydrogen) atoms. The number of thioether (sulfide) groups is 1. The molecule has 0 unspecified atom stereocenters. The molecule has 0 saturated heterocycles. The summed E-state index contributed by atoms with van der Waals surface area (Å²) in [6.07, 6.45) is 2.28. The minimum atomic E-state index is 0.449. The van der Waals surface area contributed by atoms with E-state index in [9.17, 15) is 0 Å². The molecule has 2 heterocycles. The van der Waals surface area contributed by atoms with Gasteiger partial charge in [0, 0.05) is 10.6 Å². The zero-order valence-corrected chi connectivity index (χ0v) is 13.0. The highest BCUT2D eigenvalue weighted by Gasteiger charge is 2.28. The van der Waals surface area contributed by atoms with Crippen LogP contribution in [0.4, 0.5) is 0 Å². The van der Waals surface area contributed by atoms with Gasteiger partial charge in [-0.15, -0.1) is 5.10 Å². The van der Waals surface area contributed by atoms with Gasteiger partial charge in [0.05, 0.1) is 11.8 Å². The van der Waals surface area contributed by atoms with Crippen molar-refractivity contribution in [3.05, 3.63) is 35.2 Å². The maximum Gasteiger partial charge on any atom is 0.237 e. The summed E-state index contributed by atoms with van der Waals surface area (Å²) in [5.74, 6) is 1.63. The third kappa shape index (κ3) is 2.84. The number of benzene rings is 1. The molecule has 0 aliphatic heterocycles. The van der Waals surface area contributed by atoms with Crippen LogP contribution in [0.15, 0.2) is 33.9 Å². The molecule has 0 N–H and O–H groups in total. The van der Waals surface area contributed by atoms with Crippen LogP contribution >= 0.6 is 23.4 Å². The van der Waals surface area contributed by atoms with Crippen molar-refractivity contribution in [1.82, 2.24) is 30.3 Å². The molecular weight excluding hydrogens is 324 g/mol. The topological polar surface area (TPSA) is 82.5 Å². The molecule has 3 aromatic rings. The fraction of sp³-hybridized carbons (Fsp3) is 0.308. The number of rotatable bonds is 5. The first-order valence-corrected chi connectivity index (χ1v) is 8.15. The lowest BCUT2D eigenvalue weighted by Gasteiger charge is -1.99. The van der Waals surface area contributed by atoms with Crippen molar-refractivity contribution < 1.29 is 4.52 Å². The van der Waals surface area contributed by atoms with Gasteiger partial charge in [0.15, 0.2) is 0 Å². The molecule has 1 saturated carbocycles. The average Bonchev–Trinajstić information content (AvgIpc) is 3.09. The molecular formula is C13H11ClN6OS. The molecule has 9 heteroatoms. The van der Waals surface area contributed by atoms with Gasteiger partial charge >= 0.3 is 0 Å². The van der Waals surface area contributed by atoms with E-state index in [-0.39, 0.29) is 0 Å². The molecule has 0 amide bonds. The van der Waals surface area contributed by atoms with Gasteiger partial charge in [0.2, 0.25) is 16.9 Å². The van der Waals surface area contributed by atoms with Crippen LogP contribution in [0.1, 0.15) is 24.8 Å². The van der Waals surface area contributed by atoms with Gasteiger partial charge in [-0.05, 0) is 47.5 Å². The van der Waals surface area contributed by atoms with E-state index in [1.54, 1.807) is 12.1 Å². The zero-order valence-electron chi connectivity index (χ0n) is 11.4. The fourth-order valence-corrected chi connectivity index (χ4v) is 2.89. The summed E-state index contributed by atoms with van der Waals surface area (Å²) >= 11 is 7.36. The highest BCUT2D eigenvalue weighted by Crippen LogP contribution is 2.36. The van der Waals surface area contributed by atoms with E-state index in [0.717, 1.165) is 23.6 Å². The Labute approximate surface area is 135 Å². The Balaban J connectivity index is 1.45. The molecule has 112 valence electrons. The maximum absolute atomic E-state index is 5.87. The molecule has 2 aromatic heterocycles. The number of aromatic nitrogens is 6. The number of halogens is 1. The van der Waals surface area contributed by atoms with E-state index >= 15 is 0 Å². The van der Waals surface area contributed by atoms with Crippen molar-refractivity contribution in [1.29, 1.82) is 0 Å². The maximum atomic E-state index is 5.87. The first-order valence-electron chi connectivity index (χ1n) is 6.79. The van der Waals surface area contributed by atoms with Crippen molar-refractivity contribution in [2.75, 3.05) is 0 Å². The summed E-state index contributed by atoms with van der Waals surface area (Å²) in [5, 5.41) is 17.2. The molecule has 1 aliphatic rings. The Kier molecular flexibility index (Phi) is 3.55. The van der Waals surface area contributed by atoms with Gasteiger partial charge in [0.25, 0.3) is 0 Å². The molecule has 1 aliphatic carbocycles. The van der Waals surface area contributed by atoms with Crippen molar-refractivity contribution in [2.24, 2.45) is 0 Å². The second kappa shape index (κ2) is 5.69. The number of hydrogen-bond donors (Lipinski definition) is 0. The molecule has 1 fully saturated rings. The van der Waals surface area contributed by atoms with Crippen LogP contribution in [0, 0.1) is 0 Å². The van der Waals surface area contributed by atoms with E-state index in [2.05, 4.69) is 25.7 Å². The van der Waals surface area contributed by atoms with Gasteiger partial charge in [0.1, 0.15) is 0 Å². The summed E-state index contributed by atoms with van der Waals surface area (Å²) in [4.78, 5) is 4.38. The molecule has 7 nitrogen and oxygen atoms in total. The predicted molar refractivity (Wildman–Crippen MR) is 80.4 cm³/mol. The summed E-state index contributed by atoms with van der Waals surface area (Å²) in [7, 11) is 0. The molecule has 0 atom stereocenters. The summed E-state index contributed by atoms with van der Waals surface area (Å²) in [6.45, 7) is 0. The quantitative estimate of drug-likeness (QED) is 0.663. The Morgan fingerprint density at radius 3 is 2.86 bits per heavy atom. The summed E-state index contributed by atoms with van der Waals surface area (Å²) in [5.41, 5.74) is 0.868. The largest absolute Gasteiger partial charge is 0.338 e. The smallest absolute Gasteiger partial charge is 0.237 e. The van der Waals surface area contributed by atoms with E-state index in [1.165, 1.54) is 11.8 Å². The van der Waals surface area contributed by atoms with Crippen LogP contribution in [-0.2, 0) is 5.75 Å². The molecule has 0 bridgehead atoms. The first kappa shape index (κ1) is 13.7. The van der Waals surface area contributed by atoms with Crippen LogP contribution in [0.2, 0.25) is 5.02 Å². The molecule has 0 radical (unpaired) electrons. The third-order valence-corrected chi connectivity index (χ3v) is 4.42. The van der Waals surface area contributed by atoms with Crippen molar-refractivity contribution in [2.45, 2.75) is 29.8 Å². The van der Waals surface area contributed by atoms with Gasteiger partial charge in [-0.2, -0.15) is 4.98 Å². The lowest BCUT2D eigenvalue weighted by molar-refractivity contribution is 0.391. The van der Waals surface area contributed by atoms with Crippen molar-refractivity contribution in [3.63, 3.8) is 0 Å². The normalized spacial score (nSPS) is 14.4. The van der Waals surface area contributed by atoms with Crippen LogP contribution in [0.3, 0.4) is 0 Å². The lowest BCUT2D eigenvalue weighted by atomic mass is 10.2. The fourth-order valence-electron chi connectivity index (χ4n) is 1.98. The summed E-state index contributed by atoms with van der Waals surface area (Å²) in [6, 6.07) is 7.76. The third-order valence-electron chi connectivity index (χ3n) is 3.25. The van der Waals surface area contributed by atoms with Crippen LogP contribution < -0.4 is 0 Å². The predicted octanol–water partition coefficient (Wildman–Crippen LogP) is 3.00. The van der Waals surface area contributed by atoms with Gasteiger partial charge in [-0.3, -0.25) is 0 Å². The van der Waals surface area contributed by atoms with E-state index in [1.807, 2.05) is 16.8 Å². The van der Waals surface area contributed by atoms with E-state index in [4.69, 9.17) is 16.1 Å². The Morgan fingerprint density at radius 1 is 1.27 bits per heavy atom. The van der Waals surface area contributed by atoms with Crippen molar-refractivity contribution >= 4 is 23.4 Å². The molecule has 0 spiro atoms. The van der Waals surface area contributed by atoms with E-state index < -0.39 is 0 Å². The molecule has 1 aromatic carbocycles. The molecule has 4 rings (SSSR count). The van der Waals surface area contributed by atoms with Crippen molar-refractivity contribution in [3.8, 4) is 11.4 Å². The van der Waals surface area contributed by atoms with Crippen LogP contribution in [0.5, 0.6) is 0 Å². The number of hydrogen-bond acceptors (Lipinski definition) is 7. The highest BCUT2D eigenvalue weighted by molar-refractivity contribution is 7.98. The second-order valence-electron chi connectivity index (χ2n) is 4.94. The summed E-state index contributed by atoms with van der Waals surface area (Å²) < 4.78 is 7.13. The monoisotopic (exact) mass is 334 g/mol. The Morgan fingerprint density at radius 2 is 2.09 bits per heavy atom. The van der Waals surface area contributed by atoms with Gasteiger partial charge in [-0.25, -0.2) is 4.68 Å². The highest BCUT2D eigenvalue weighted by atomic mass is 35.5. The standard InChI is InChI=1S/C13H11ClN6OS/c14-9-3-1-8(2-4-9)12-15-11(21-17-12)7-22-13-16-18-19-20(13)10-5-6-10/h1-4,10H,5-7H2. The van der Waals surface area contributed by atoms with Crippen LogP contribution in [-0.4, -0.2) is 30.3 Å². The van der Waals surface area contributed by atoms with E-state index in [0.29, 0.717) is 28.5 Å². The minimum Gasteiger partial charge on any atom is -0.338 e. The second-order valence-corrected chi connectivity index (χ2v) is 6.32. The number of nitrogens with zero attached hydrogens (tertiary/aromatic N) is 6. The zero-order chi connectivity index (χ0) is 14.9. The van der Waals surface area contributed by atoms with Crippen LogP contribution in [0.25, 0.3) is 11.4 Å². The lowest BCUT2D eigenvalue weighted by Crippen LogP contribution is -1.98. The Hall–Kier alpha value is -1.93. The number of tetrazole rings is 1.